The second-order valence-electron chi connectivity index (χ2n) is 5.08. The van der Waals surface area contributed by atoms with Crippen molar-refractivity contribution in [2.45, 2.75) is 19.9 Å². The van der Waals surface area contributed by atoms with Crippen LogP contribution in [0.4, 0.5) is 4.39 Å². The molecule has 1 heterocycles. The standard InChI is InChI=1S/C16H17FN2O4S/c1-11-10-24-16(22)19(11)8-15(21)23-9-14(20)18-7-6-12-4-2-3-5-13(12)17/h2-5,10H,6-9H2,1H3,(H,18,20). The zero-order valence-electron chi connectivity index (χ0n) is 13.1. The zero-order valence-corrected chi connectivity index (χ0v) is 13.9. The zero-order chi connectivity index (χ0) is 17.5. The van der Waals surface area contributed by atoms with Crippen LogP contribution >= 0.6 is 11.3 Å². The molecule has 0 radical (unpaired) electrons. The number of amides is 1. The highest BCUT2D eigenvalue weighted by atomic mass is 32.1. The molecule has 0 aliphatic carbocycles. The summed E-state index contributed by atoms with van der Waals surface area (Å²) in [6.07, 6.45) is 0.343. The number of nitrogens with one attached hydrogen (secondary N) is 1. The van der Waals surface area contributed by atoms with E-state index in [9.17, 15) is 18.8 Å². The van der Waals surface area contributed by atoms with E-state index in [1.54, 1.807) is 30.5 Å². The van der Waals surface area contributed by atoms with Gasteiger partial charge in [-0.2, -0.15) is 0 Å². The molecule has 0 aliphatic rings. The highest BCUT2D eigenvalue weighted by molar-refractivity contribution is 7.07. The van der Waals surface area contributed by atoms with Crippen molar-refractivity contribution >= 4 is 23.2 Å². The number of carbonyl (C=O) groups excluding carboxylic acids is 2. The van der Waals surface area contributed by atoms with Crippen molar-refractivity contribution in [1.29, 1.82) is 0 Å². The van der Waals surface area contributed by atoms with Gasteiger partial charge in [-0.15, -0.1) is 0 Å². The average molecular weight is 352 g/mol. The molecule has 24 heavy (non-hydrogen) atoms. The van der Waals surface area contributed by atoms with Crippen LogP contribution in [0.3, 0.4) is 0 Å². The largest absolute Gasteiger partial charge is 0.454 e. The van der Waals surface area contributed by atoms with Gasteiger partial charge in [0.1, 0.15) is 12.4 Å². The van der Waals surface area contributed by atoms with Gasteiger partial charge in [0.15, 0.2) is 6.61 Å². The first-order valence-corrected chi connectivity index (χ1v) is 8.16. The van der Waals surface area contributed by atoms with Crippen molar-refractivity contribution in [2.24, 2.45) is 0 Å². The van der Waals surface area contributed by atoms with Gasteiger partial charge >= 0.3 is 10.8 Å². The lowest BCUT2D eigenvalue weighted by atomic mass is 10.1. The number of rotatable bonds is 7. The van der Waals surface area contributed by atoms with E-state index < -0.39 is 18.5 Å². The van der Waals surface area contributed by atoms with Crippen LogP contribution in [-0.4, -0.2) is 29.6 Å². The van der Waals surface area contributed by atoms with Crippen molar-refractivity contribution in [2.75, 3.05) is 13.2 Å². The minimum absolute atomic E-state index is 0.226. The number of thiazole rings is 1. The third-order valence-corrected chi connectivity index (χ3v) is 4.18. The van der Waals surface area contributed by atoms with E-state index in [0.717, 1.165) is 11.3 Å². The summed E-state index contributed by atoms with van der Waals surface area (Å²) in [6, 6.07) is 6.31. The molecule has 0 saturated heterocycles. The molecule has 1 aromatic carbocycles. The van der Waals surface area contributed by atoms with Crippen molar-refractivity contribution < 1.29 is 18.7 Å². The molecule has 0 fully saturated rings. The SMILES string of the molecule is Cc1csc(=O)n1CC(=O)OCC(=O)NCCc1ccccc1F. The summed E-state index contributed by atoms with van der Waals surface area (Å²) >= 11 is 0.997. The van der Waals surface area contributed by atoms with Crippen LogP contribution < -0.4 is 10.2 Å². The lowest BCUT2D eigenvalue weighted by Gasteiger charge is -2.08. The van der Waals surface area contributed by atoms with Gasteiger partial charge in [0.05, 0.1) is 0 Å². The molecule has 0 atom stereocenters. The Bertz CT molecular complexity index is 784. The Labute approximate surface area is 141 Å². The number of aryl methyl sites for hydroxylation is 1. The molecule has 8 heteroatoms. The summed E-state index contributed by atoms with van der Waals surface area (Å²) < 4.78 is 19.5. The van der Waals surface area contributed by atoms with Crippen molar-refractivity contribution in [3.8, 4) is 0 Å². The molecular weight excluding hydrogens is 335 g/mol. The van der Waals surface area contributed by atoms with Gasteiger partial charge < -0.3 is 10.1 Å². The number of ether oxygens (including phenoxy) is 1. The molecule has 2 rings (SSSR count). The molecule has 1 N–H and O–H groups in total. The van der Waals surface area contributed by atoms with Crippen LogP contribution in [0.2, 0.25) is 0 Å². The van der Waals surface area contributed by atoms with Crippen LogP contribution in [0.5, 0.6) is 0 Å². The summed E-state index contributed by atoms with van der Waals surface area (Å²) in [4.78, 5) is 34.5. The van der Waals surface area contributed by atoms with E-state index in [1.165, 1.54) is 10.6 Å². The van der Waals surface area contributed by atoms with E-state index >= 15 is 0 Å². The molecule has 2 aromatic rings. The number of esters is 1. The molecule has 0 bridgehead atoms. The summed E-state index contributed by atoms with van der Waals surface area (Å²) in [5, 5.41) is 4.19. The van der Waals surface area contributed by atoms with Gasteiger partial charge in [-0.25, -0.2) is 4.39 Å². The quantitative estimate of drug-likeness (QED) is 0.761. The molecule has 0 spiro atoms. The van der Waals surface area contributed by atoms with E-state index in [1.807, 2.05) is 0 Å². The molecule has 0 unspecified atom stereocenters. The van der Waals surface area contributed by atoms with E-state index in [0.29, 0.717) is 17.7 Å². The molecule has 1 aromatic heterocycles. The van der Waals surface area contributed by atoms with Crippen LogP contribution in [-0.2, 0) is 27.3 Å². The first-order valence-electron chi connectivity index (χ1n) is 7.28. The average Bonchev–Trinajstić information content (AvgIpc) is 2.87. The highest BCUT2D eigenvalue weighted by Crippen LogP contribution is 2.06. The second-order valence-corrected chi connectivity index (χ2v) is 5.90. The summed E-state index contributed by atoms with van der Waals surface area (Å²) in [5.74, 6) is -1.47. The molecule has 1 amide bonds. The van der Waals surface area contributed by atoms with Gasteiger partial charge in [0, 0.05) is 17.6 Å². The predicted octanol–water partition coefficient (Wildman–Crippen LogP) is 1.26. The van der Waals surface area contributed by atoms with E-state index in [-0.39, 0.29) is 23.8 Å². The first-order chi connectivity index (χ1) is 11.5. The maximum Gasteiger partial charge on any atom is 0.326 e. The number of benzene rings is 1. The van der Waals surface area contributed by atoms with Crippen LogP contribution in [0.25, 0.3) is 0 Å². The Balaban J connectivity index is 1.70. The maximum absolute atomic E-state index is 13.4. The lowest BCUT2D eigenvalue weighted by molar-refractivity contribution is -0.149. The second kappa shape index (κ2) is 8.39. The Kier molecular flexibility index (Phi) is 6.25. The topological polar surface area (TPSA) is 77.4 Å². The van der Waals surface area contributed by atoms with Crippen molar-refractivity contribution in [3.05, 3.63) is 56.4 Å². The summed E-state index contributed by atoms with van der Waals surface area (Å²) in [7, 11) is 0. The third-order valence-electron chi connectivity index (χ3n) is 3.30. The number of aromatic nitrogens is 1. The Morgan fingerprint density at radius 1 is 1.33 bits per heavy atom. The van der Waals surface area contributed by atoms with Crippen LogP contribution in [0, 0.1) is 12.7 Å². The summed E-state index contributed by atoms with van der Waals surface area (Å²) in [5.41, 5.74) is 1.17. The van der Waals surface area contributed by atoms with Crippen molar-refractivity contribution in [1.82, 2.24) is 9.88 Å². The van der Waals surface area contributed by atoms with E-state index in [4.69, 9.17) is 4.74 Å². The van der Waals surface area contributed by atoms with Gasteiger partial charge in [0.25, 0.3) is 5.91 Å². The summed E-state index contributed by atoms with van der Waals surface area (Å²) in [6.45, 7) is 1.28. The number of halogens is 1. The normalized spacial score (nSPS) is 10.4. The third kappa shape index (κ3) is 5.02. The van der Waals surface area contributed by atoms with Crippen LogP contribution in [0.1, 0.15) is 11.3 Å². The maximum atomic E-state index is 13.4. The lowest BCUT2D eigenvalue weighted by Crippen LogP contribution is -2.31. The van der Waals surface area contributed by atoms with Gasteiger partial charge in [-0.1, -0.05) is 29.5 Å². The minimum atomic E-state index is -0.664. The van der Waals surface area contributed by atoms with Gasteiger partial charge in [0.2, 0.25) is 0 Å². The van der Waals surface area contributed by atoms with Gasteiger partial charge in [-0.05, 0) is 25.0 Å². The number of carbonyl (C=O) groups is 2. The molecule has 0 aliphatic heterocycles. The number of hydrogen-bond acceptors (Lipinski definition) is 5. The molecule has 6 nitrogen and oxygen atoms in total. The van der Waals surface area contributed by atoms with Gasteiger partial charge in [-0.3, -0.25) is 19.0 Å². The fraction of sp³-hybridized carbons (Fsp3) is 0.312. The Morgan fingerprint density at radius 2 is 2.08 bits per heavy atom. The monoisotopic (exact) mass is 352 g/mol. The predicted molar refractivity (Wildman–Crippen MR) is 87.4 cm³/mol. The Morgan fingerprint density at radius 3 is 2.75 bits per heavy atom. The molecule has 128 valence electrons. The first kappa shape index (κ1) is 17.9. The Hall–Kier alpha value is -2.48. The number of hydrogen-bond donors (Lipinski definition) is 1. The minimum Gasteiger partial charge on any atom is -0.454 e. The van der Waals surface area contributed by atoms with Crippen molar-refractivity contribution in [3.63, 3.8) is 0 Å². The van der Waals surface area contributed by atoms with E-state index in [2.05, 4.69) is 5.32 Å². The van der Waals surface area contributed by atoms with Crippen LogP contribution in [0.15, 0.2) is 34.4 Å². The fourth-order valence-electron chi connectivity index (χ4n) is 2.01. The molecule has 0 saturated carbocycles. The highest BCUT2D eigenvalue weighted by Gasteiger charge is 2.11. The molecular formula is C16H17FN2O4S. The fourth-order valence-corrected chi connectivity index (χ4v) is 2.74. The smallest absolute Gasteiger partial charge is 0.326 e. The number of nitrogens with zero attached hydrogens (tertiary/aromatic N) is 1.